The van der Waals surface area contributed by atoms with Gasteiger partial charge in [-0.15, -0.1) is 0 Å². The second-order valence-corrected chi connectivity index (χ2v) is 5.97. The summed E-state index contributed by atoms with van der Waals surface area (Å²) < 4.78 is 0. The fourth-order valence-electron chi connectivity index (χ4n) is 2.95. The molecule has 4 aromatic rings. The summed E-state index contributed by atoms with van der Waals surface area (Å²) in [5, 5.41) is 1.56. The predicted molar refractivity (Wildman–Crippen MR) is 101 cm³/mol. The summed E-state index contributed by atoms with van der Waals surface area (Å²) in [6, 6.07) is 27.2. The maximum atomic E-state index is 13.0. The largest absolute Gasteiger partial charge is 0.287 e. The quantitative estimate of drug-likeness (QED) is 0.507. The van der Waals surface area contributed by atoms with Crippen LogP contribution in [0.5, 0.6) is 0 Å². The highest BCUT2D eigenvalue weighted by atomic mass is 16.1. The number of hydrogen-bond donors (Lipinski definition) is 0. The number of fused-ring (bicyclic) bond motifs is 1. The van der Waals surface area contributed by atoms with Crippen molar-refractivity contribution in [3.05, 3.63) is 114 Å². The molecule has 0 fully saturated rings. The molecule has 124 valence electrons. The SMILES string of the molecule is O=C(c1ccccc1)c1cc2ccccc2c(C(=O)c2ccccc2)n1. The number of hydrogen-bond acceptors (Lipinski definition) is 3. The van der Waals surface area contributed by atoms with Crippen molar-refractivity contribution < 1.29 is 9.59 Å². The Labute approximate surface area is 150 Å². The minimum atomic E-state index is -0.196. The second-order valence-electron chi connectivity index (χ2n) is 5.97. The van der Waals surface area contributed by atoms with Gasteiger partial charge in [0.15, 0.2) is 0 Å². The molecule has 0 bridgehead atoms. The van der Waals surface area contributed by atoms with Gasteiger partial charge in [-0.25, -0.2) is 4.98 Å². The van der Waals surface area contributed by atoms with Gasteiger partial charge in [-0.1, -0.05) is 84.9 Å². The van der Waals surface area contributed by atoms with E-state index >= 15 is 0 Å². The molecule has 0 unspecified atom stereocenters. The van der Waals surface area contributed by atoms with Crippen molar-refractivity contribution in [3.63, 3.8) is 0 Å². The third-order valence-corrected chi connectivity index (χ3v) is 4.26. The zero-order valence-corrected chi connectivity index (χ0v) is 13.9. The highest BCUT2D eigenvalue weighted by molar-refractivity contribution is 6.17. The number of carbonyl (C=O) groups is 2. The molecule has 3 aromatic carbocycles. The van der Waals surface area contributed by atoms with E-state index in [9.17, 15) is 9.59 Å². The molecule has 4 rings (SSSR count). The highest BCUT2D eigenvalue weighted by Gasteiger charge is 2.19. The Kier molecular flexibility index (Phi) is 4.12. The third-order valence-electron chi connectivity index (χ3n) is 4.26. The molecule has 0 amide bonds. The fourth-order valence-corrected chi connectivity index (χ4v) is 2.95. The molecule has 26 heavy (non-hydrogen) atoms. The molecule has 0 N–H and O–H groups in total. The average molecular weight is 337 g/mol. The normalized spacial score (nSPS) is 10.6. The highest BCUT2D eigenvalue weighted by Crippen LogP contribution is 2.22. The van der Waals surface area contributed by atoms with Crippen LogP contribution < -0.4 is 0 Å². The molecule has 3 heteroatoms. The topological polar surface area (TPSA) is 47.0 Å². The number of nitrogens with zero attached hydrogens (tertiary/aromatic N) is 1. The molecule has 0 aliphatic heterocycles. The van der Waals surface area contributed by atoms with Crippen molar-refractivity contribution in [1.82, 2.24) is 4.98 Å². The number of carbonyl (C=O) groups excluding carboxylic acids is 2. The second kappa shape index (κ2) is 6.73. The van der Waals surface area contributed by atoms with E-state index < -0.39 is 0 Å². The zero-order valence-electron chi connectivity index (χ0n) is 13.9. The summed E-state index contributed by atoms with van der Waals surface area (Å²) in [4.78, 5) is 30.3. The molecular weight excluding hydrogens is 322 g/mol. The summed E-state index contributed by atoms with van der Waals surface area (Å²) in [6.07, 6.45) is 0. The molecule has 0 aliphatic rings. The van der Waals surface area contributed by atoms with Crippen molar-refractivity contribution in [1.29, 1.82) is 0 Å². The molecule has 0 spiro atoms. The molecule has 0 atom stereocenters. The fraction of sp³-hybridized carbons (Fsp3) is 0. The van der Waals surface area contributed by atoms with E-state index in [0.717, 1.165) is 10.8 Å². The maximum absolute atomic E-state index is 13.0. The van der Waals surface area contributed by atoms with Crippen molar-refractivity contribution in [3.8, 4) is 0 Å². The number of aromatic nitrogens is 1. The van der Waals surface area contributed by atoms with Crippen molar-refractivity contribution in [2.24, 2.45) is 0 Å². The molecule has 0 saturated carbocycles. The van der Waals surface area contributed by atoms with Crippen LogP contribution >= 0.6 is 0 Å². The van der Waals surface area contributed by atoms with Crippen molar-refractivity contribution in [2.75, 3.05) is 0 Å². The van der Waals surface area contributed by atoms with E-state index in [-0.39, 0.29) is 17.3 Å². The standard InChI is InChI=1S/C23H15NO2/c25-22(16-9-3-1-4-10-16)20-15-18-13-7-8-14-19(18)21(24-20)23(26)17-11-5-2-6-12-17/h1-15H. The van der Waals surface area contributed by atoms with Gasteiger partial charge in [0.1, 0.15) is 11.4 Å². The van der Waals surface area contributed by atoms with Crippen LogP contribution in [0.4, 0.5) is 0 Å². The van der Waals surface area contributed by atoms with Crippen LogP contribution in [0.1, 0.15) is 32.1 Å². The van der Waals surface area contributed by atoms with E-state index in [1.54, 1.807) is 30.3 Å². The summed E-state index contributed by atoms with van der Waals surface area (Å²) >= 11 is 0. The number of benzene rings is 3. The van der Waals surface area contributed by atoms with Gasteiger partial charge in [0, 0.05) is 16.5 Å². The van der Waals surface area contributed by atoms with Crippen LogP contribution in [0.3, 0.4) is 0 Å². The van der Waals surface area contributed by atoms with Crippen LogP contribution in [0, 0.1) is 0 Å². The van der Waals surface area contributed by atoms with Crippen LogP contribution in [-0.4, -0.2) is 16.6 Å². The third kappa shape index (κ3) is 2.91. The Bertz CT molecular complexity index is 1100. The van der Waals surface area contributed by atoms with E-state index in [1.807, 2.05) is 60.7 Å². The van der Waals surface area contributed by atoms with Gasteiger partial charge in [0.2, 0.25) is 11.6 Å². The monoisotopic (exact) mass is 337 g/mol. The molecule has 0 radical (unpaired) electrons. The van der Waals surface area contributed by atoms with Gasteiger partial charge in [-0.2, -0.15) is 0 Å². The van der Waals surface area contributed by atoms with Gasteiger partial charge in [-0.05, 0) is 11.5 Å². The number of pyridine rings is 1. The van der Waals surface area contributed by atoms with Gasteiger partial charge < -0.3 is 0 Å². The van der Waals surface area contributed by atoms with E-state index in [4.69, 9.17) is 0 Å². The Morgan fingerprint density at radius 3 is 1.81 bits per heavy atom. The zero-order chi connectivity index (χ0) is 17.9. The number of ketones is 2. The smallest absolute Gasteiger partial charge is 0.212 e. The lowest BCUT2D eigenvalue weighted by atomic mass is 9.99. The van der Waals surface area contributed by atoms with E-state index in [2.05, 4.69) is 4.98 Å². The van der Waals surface area contributed by atoms with Crippen molar-refractivity contribution in [2.45, 2.75) is 0 Å². The van der Waals surface area contributed by atoms with Gasteiger partial charge >= 0.3 is 0 Å². The van der Waals surface area contributed by atoms with Crippen LogP contribution in [0.2, 0.25) is 0 Å². The first kappa shape index (κ1) is 15.9. The summed E-state index contributed by atoms with van der Waals surface area (Å²) in [5.41, 5.74) is 1.67. The van der Waals surface area contributed by atoms with Gasteiger partial charge in [0.25, 0.3) is 0 Å². The molecule has 1 aromatic heterocycles. The Hall–Kier alpha value is -3.59. The summed E-state index contributed by atoms with van der Waals surface area (Å²) in [5.74, 6) is -0.386. The lowest BCUT2D eigenvalue weighted by molar-refractivity contribution is 0.103. The Balaban J connectivity index is 1.89. The van der Waals surface area contributed by atoms with Gasteiger partial charge in [-0.3, -0.25) is 9.59 Å². The molecule has 0 aliphatic carbocycles. The average Bonchev–Trinajstić information content (AvgIpc) is 2.73. The molecular formula is C23H15NO2. The molecule has 0 saturated heterocycles. The maximum Gasteiger partial charge on any atom is 0.212 e. The first-order chi connectivity index (χ1) is 12.7. The Morgan fingerprint density at radius 1 is 0.615 bits per heavy atom. The van der Waals surface area contributed by atoms with Crippen LogP contribution in [-0.2, 0) is 0 Å². The van der Waals surface area contributed by atoms with E-state index in [1.165, 1.54) is 0 Å². The van der Waals surface area contributed by atoms with E-state index in [0.29, 0.717) is 16.8 Å². The van der Waals surface area contributed by atoms with Crippen molar-refractivity contribution >= 4 is 22.3 Å². The first-order valence-electron chi connectivity index (χ1n) is 8.33. The molecule has 3 nitrogen and oxygen atoms in total. The predicted octanol–water partition coefficient (Wildman–Crippen LogP) is 4.70. The lowest BCUT2D eigenvalue weighted by Gasteiger charge is -2.09. The first-order valence-corrected chi connectivity index (χ1v) is 8.33. The number of rotatable bonds is 4. The summed E-state index contributed by atoms with van der Waals surface area (Å²) in [6.45, 7) is 0. The Morgan fingerprint density at radius 2 is 1.15 bits per heavy atom. The summed E-state index contributed by atoms with van der Waals surface area (Å²) in [7, 11) is 0. The minimum Gasteiger partial charge on any atom is -0.287 e. The van der Waals surface area contributed by atoms with Gasteiger partial charge in [0.05, 0.1) is 0 Å². The molecule has 1 heterocycles. The van der Waals surface area contributed by atoms with Crippen LogP contribution in [0.25, 0.3) is 10.8 Å². The minimum absolute atomic E-state index is 0.190. The lowest BCUT2D eigenvalue weighted by Crippen LogP contribution is -2.11. The van der Waals surface area contributed by atoms with Crippen LogP contribution in [0.15, 0.2) is 91.0 Å².